The molecule has 2 aromatic rings. The highest BCUT2D eigenvalue weighted by Gasteiger charge is 2.23. The summed E-state index contributed by atoms with van der Waals surface area (Å²) in [6, 6.07) is 6.24. The van der Waals surface area contributed by atoms with Gasteiger partial charge in [-0.2, -0.15) is 0 Å². The van der Waals surface area contributed by atoms with Crippen molar-refractivity contribution < 1.29 is 27.8 Å². The number of benzene rings is 2. The van der Waals surface area contributed by atoms with E-state index >= 15 is 0 Å². The summed E-state index contributed by atoms with van der Waals surface area (Å²) in [5.41, 5.74) is 1.84. The van der Waals surface area contributed by atoms with Crippen molar-refractivity contribution in [3.8, 4) is 11.5 Å². The molecule has 0 aromatic heterocycles. The van der Waals surface area contributed by atoms with E-state index < -0.39 is 17.5 Å². The van der Waals surface area contributed by atoms with Gasteiger partial charge in [0, 0.05) is 24.7 Å². The van der Waals surface area contributed by atoms with Crippen LogP contribution in [0.25, 0.3) is 0 Å². The molecule has 8 heteroatoms. The molecule has 1 N–H and O–H groups in total. The quantitative estimate of drug-likeness (QED) is 0.851. The van der Waals surface area contributed by atoms with Crippen molar-refractivity contribution in [1.29, 1.82) is 0 Å². The lowest BCUT2D eigenvalue weighted by atomic mass is 9.98. The van der Waals surface area contributed by atoms with Gasteiger partial charge >= 0.3 is 0 Å². The molecule has 0 saturated carbocycles. The Balaban J connectivity index is 1.64. The van der Waals surface area contributed by atoms with Gasteiger partial charge in [-0.15, -0.1) is 0 Å². The van der Waals surface area contributed by atoms with Gasteiger partial charge < -0.3 is 19.7 Å². The molecule has 3 rings (SSSR count). The first-order valence-corrected chi connectivity index (χ1v) is 8.67. The van der Waals surface area contributed by atoms with Crippen LogP contribution in [0.4, 0.5) is 8.78 Å². The minimum absolute atomic E-state index is 0.175. The molecular weight excluding hydrogens is 370 g/mol. The Morgan fingerprint density at radius 2 is 1.61 bits per heavy atom. The zero-order chi connectivity index (χ0) is 20.3. The molecule has 0 atom stereocenters. The summed E-state index contributed by atoms with van der Waals surface area (Å²) in [5, 5.41) is 2.41. The highest BCUT2D eigenvalue weighted by Crippen LogP contribution is 2.33. The summed E-state index contributed by atoms with van der Waals surface area (Å²) < 4.78 is 37.0. The van der Waals surface area contributed by atoms with Crippen molar-refractivity contribution in [2.75, 3.05) is 27.3 Å². The van der Waals surface area contributed by atoms with Crippen molar-refractivity contribution in [3.63, 3.8) is 0 Å². The molecular formula is C20H20F2N2O4. The fourth-order valence-corrected chi connectivity index (χ4v) is 3.15. The summed E-state index contributed by atoms with van der Waals surface area (Å²) in [6.07, 6.45) is 0.643. The topological polar surface area (TPSA) is 67.9 Å². The number of nitrogens with zero attached hydrogens (tertiary/aromatic N) is 1. The Bertz CT molecular complexity index is 897. The van der Waals surface area contributed by atoms with Crippen molar-refractivity contribution in [2.45, 2.75) is 13.0 Å². The van der Waals surface area contributed by atoms with E-state index in [9.17, 15) is 18.4 Å². The Labute approximate surface area is 161 Å². The van der Waals surface area contributed by atoms with Gasteiger partial charge in [0.2, 0.25) is 5.91 Å². The smallest absolute Gasteiger partial charge is 0.251 e. The third-order valence-corrected chi connectivity index (χ3v) is 4.60. The molecule has 1 aliphatic rings. The molecule has 28 heavy (non-hydrogen) atoms. The lowest BCUT2D eigenvalue weighted by molar-refractivity contribution is -0.131. The third kappa shape index (κ3) is 4.21. The Morgan fingerprint density at radius 1 is 1.00 bits per heavy atom. The van der Waals surface area contributed by atoms with Gasteiger partial charge in [0.25, 0.3) is 5.91 Å². The number of rotatable bonds is 5. The minimum Gasteiger partial charge on any atom is -0.493 e. The van der Waals surface area contributed by atoms with E-state index in [0.29, 0.717) is 37.1 Å². The largest absolute Gasteiger partial charge is 0.493 e. The van der Waals surface area contributed by atoms with Crippen molar-refractivity contribution in [2.24, 2.45) is 0 Å². The SMILES string of the molecule is COc1cc2c(cc1OC)CN(C(=O)CNC(=O)c1cc(F)cc(F)c1)CC2. The molecule has 0 aliphatic carbocycles. The number of carbonyl (C=O) groups excluding carboxylic acids is 2. The number of nitrogens with one attached hydrogen (secondary N) is 1. The number of halogens is 2. The average Bonchev–Trinajstić information content (AvgIpc) is 2.69. The normalized spacial score (nSPS) is 12.9. The fourth-order valence-electron chi connectivity index (χ4n) is 3.15. The first-order valence-electron chi connectivity index (χ1n) is 8.67. The minimum atomic E-state index is -0.853. The zero-order valence-electron chi connectivity index (χ0n) is 15.6. The maximum absolute atomic E-state index is 13.2. The third-order valence-electron chi connectivity index (χ3n) is 4.60. The molecule has 0 radical (unpaired) electrons. The molecule has 2 aromatic carbocycles. The van der Waals surface area contributed by atoms with Gasteiger partial charge in [0.15, 0.2) is 11.5 Å². The number of ether oxygens (including phenoxy) is 2. The summed E-state index contributed by atoms with van der Waals surface area (Å²) in [6.45, 7) is 0.602. The van der Waals surface area contributed by atoms with Gasteiger partial charge in [-0.3, -0.25) is 9.59 Å². The highest BCUT2D eigenvalue weighted by atomic mass is 19.1. The van der Waals surface area contributed by atoms with E-state index in [1.54, 1.807) is 19.1 Å². The van der Waals surface area contributed by atoms with Crippen LogP contribution in [-0.4, -0.2) is 44.0 Å². The summed E-state index contributed by atoms with van der Waals surface area (Å²) in [4.78, 5) is 26.1. The highest BCUT2D eigenvalue weighted by molar-refractivity contribution is 5.96. The Morgan fingerprint density at radius 3 is 2.21 bits per heavy atom. The van der Waals surface area contributed by atoms with Crippen LogP contribution in [0.1, 0.15) is 21.5 Å². The number of amides is 2. The number of carbonyl (C=O) groups is 2. The van der Waals surface area contributed by atoms with Gasteiger partial charge in [0.1, 0.15) is 11.6 Å². The van der Waals surface area contributed by atoms with Gasteiger partial charge in [-0.05, 0) is 41.8 Å². The number of hydrogen-bond donors (Lipinski definition) is 1. The van der Waals surface area contributed by atoms with E-state index in [2.05, 4.69) is 5.32 Å². The predicted octanol–water partition coefficient (Wildman–Crippen LogP) is 2.30. The first-order chi connectivity index (χ1) is 13.4. The Hall–Kier alpha value is -3.16. The molecule has 0 spiro atoms. The molecule has 0 fully saturated rings. The van der Waals surface area contributed by atoms with Crippen LogP contribution < -0.4 is 14.8 Å². The molecule has 1 heterocycles. The van der Waals surface area contributed by atoms with E-state index in [4.69, 9.17) is 9.47 Å². The Kier molecular flexibility index (Phi) is 5.77. The molecule has 148 valence electrons. The number of fused-ring (bicyclic) bond motifs is 1. The lowest BCUT2D eigenvalue weighted by Crippen LogP contribution is -2.42. The standard InChI is InChI=1S/C20H20F2N2O4/c1-27-17-7-12-3-4-24(11-14(12)8-18(17)28-2)19(25)10-23-20(26)13-5-15(21)9-16(22)6-13/h5-9H,3-4,10-11H2,1-2H3,(H,23,26). The second-order valence-corrected chi connectivity index (χ2v) is 6.38. The van der Waals surface area contributed by atoms with Crippen LogP contribution in [0.3, 0.4) is 0 Å². The molecule has 6 nitrogen and oxygen atoms in total. The van der Waals surface area contributed by atoms with Crippen LogP contribution in [-0.2, 0) is 17.8 Å². The molecule has 0 bridgehead atoms. The maximum Gasteiger partial charge on any atom is 0.251 e. The first kappa shape index (κ1) is 19.6. The van der Waals surface area contributed by atoms with E-state index in [1.807, 2.05) is 12.1 Å². The van der Waals surface area contributed by atoms with E-state index in [1.165, 1.54) is 0 Å². The van der Waals surface area contributed by atoms with Gasteiger partial charge in [-0.1, -0.05) is 0 Å². The molecule has 1 aliphatic heterocycles. The summed E-state index contributed by atoms with van der Waals surface area (Å²) >= 11 is 0. The molecule has 2 amide bonds. The average molecular weight is 390 g/mol. The van der Waals surface area contributed by atoms with Crippen molar-refractivity contribution >= 4 is 11.8 Å². The van der Waals surface area contributed by atoms with Crippen molar-refractivity contribution in [1.82, 2.24) is 10.2 Å². The predicted molar refractivity (Wildman–Crippen MR) is 97.4 cm³/mol. The zero-order valence-corrected chi connectivity index (χ0v) is 15.6. The number of hydrogen-bond acceptors (Lipinski definition) is 4. The van der Waals surface area contributed by atoms with E-state index in [-0.39, 0.29) is 18.0 Å². The van der Waals surface area contributed by atoms with Crippen LogP contribution in [0.15, 0.2) is 30.3 Å². The van der Waals surface area contributed by atoms with Gasteiger partial charge in [0.05, 0.1) is 20.8 Å². The lowest BCUT2D eigenvalue weighted by Gasteiger charge is -2.29. The van der Waals surface area contributed by atoms with Gasteiger partial charge in [-0.25, -0.2) is 8.78 Å². The van der Waals surface area contributed by atoms with Crippen LogP contribution in [0.5, 0.6) is 11.5 Å². The number of methoxy groups -OCH3 is 2. The van der Waals surface area contributed by atoms with Crippen LogP contribution in [0.2, 0.25) is 0 Å². The molecule has 0 saturated heterocycles. The van der Waals surface area contributed by atoms with E-state index in [0.717, 1.165) is 23.3 Å². The molecule has 0 unspecified atom stereocenters. The van der Waals surface area contributed by atoms with Crippen LogP contribution >= 0.6 is 0 Å². The van der Waals surface area contributed by atoms with Crippen LogP contribution in [0, 0.1) is 11.6 Å². The summed E-state index contributed by atoms with van der Waals surface area (Å²) in [5.74, 6) is -1.49. The second-order valence-electron chi connectivity index (χ2n) is 6.38. The maximum atomic E-state index is 13.2. The second kappa shape index (κ2) is 8.24. The van der Waals surface area contributed by atoms with Crippen molar-refractivity contribution in [3.05, 3.63) is 58.7 Å². The fraction of sp³-hybridized carbons (Fsp3) is 0.300. The monoisotopic (exact) mass is 390 g/mol. The summed E-state index contributed by atoms with van der Waals surface area (Å²) in [7, 11) is 3.11.